The van der Waals surface area contributed by atoms with Crippen LogP contribution in [0.15, 0.2) is 4.42 Å². The summed E-state index contributed by atoms with van der Waals surface area (Å²) >= 11 is 5.62. The lowest BCUT2D eigenvalue weighted by Gasteiger charge is -2.36. The summed E-state index contributed by atoms with van der Waals surface area (Å²) in [6, 6.07) is 0.610. The van der Waals surface area contributed by atoms with Gasteiger partial charge in [0.15, 0.2) is 0 Å². The number of anilines is 1. The summed E-state index contributed by atoms with van der Waals surface area (Å²) in [6.45, 7) is 6.49. The zero-order valence-electron chi connectivity index (χ0n) is 9.16. The van der Waals surface area contributed by atoms with Crippen molar-refractivity contribution in [1.82, 2.24) is 10.2 Å². The van der Waals surface area contributed by atoms with Crippen LogP contribution in [0.1, 0.15) is 32.6 Å². The number of halogens is 1. The van der Waals surface area contributed by atoms with Crippen LogP contribution in [0.3, 0.4) is 0 Å². The molecule has 0 amide bonds. The molecular formula is C10H16ClN3O. The third kappa shape index (κ3) is 2.43. The van der Waals surface area contributed by atoms with Crippen molar-refractivity contribution in [1.29, 1.82) is 0 Å². The number of hydrogen-bond donors (Lipinski definition) is 0. The summed E-state index contributed by atoms with van der Waals surface area (Å²) in [6.07, 6.45) is 2.42. The molecule has 0 atom stereocenters. The molecule has 5 heteroatoms. The summed E-state index contributed by atoms with van der Waals surface area (Å²) in [5.74, 6) is 0.777. The van der Waals surface area contributed by atoms with Crippen molar-refractivity contribution in [3.8, 4) is 0 Å². The smallest absolute Gasteiger partial charge is 0.318 e. The molecule has 84 valence electrons. The summed E-state index contributed by atoms with van der Waals surface area (Å²) < 4.78 is 5.44. The molecule has 1 aromatic heterocycles. The van der Waals surface area contributed by atoms with Crippen LogP contribution in [-0.2, 0) is 5.88 Å². The molecule has 2 rings (SSSR count). The van der Waals surface area contributed by atoms with Crippen LogP contribution in [0, 0.1) is 5.41 Å². The summed E-state index contributed by atoms with van der Waals surface area (Å²) in [7, 11) is 0. The maximum Gasteiger partial charge on any atom is 0.318 e. The number of alkyl halides is 1. The first-order valence-electron chi connectivity index (χ1n) is 5.24. The molecule has 1 saturated heterocycles. The van der Waals surface area contributed by atoms with E-state index in [9.17, 15) is 0 Å². The van der Waals surface area contributed by atoms with Gasteiger partial charge in [0.2, 0.25) is 5.89 Å². The number of aromatic nitrogens is 2. The Morgan fingerprint density at radius 1 is 1.47 bits per heavy atom. The van der Waals surface area contributed by atoms with Gasteiger partial charge < -0.3 is 9.32 Å². The van der Waals surface area contributed by atoms with Crippen molar-refractivity contribution in [3.63, 3.8) is 0 Å². The fourth-order valence-corrected chi connectivity index (χ4v) is 2.12. The Bertz CT molecular complexity index is 337. The second kappa shape index (κ2) is 4.00. The average molecular weight is 230 g/mol. The lowest BCUT2D eigenvalue weighted by atomic mass is 9.84. The Labute approximate surface area is 94.6 Å². The Morgan fingerprint density at radius 3 is 2.87 bits per heavy atom. The normalized spacial score (nSPS) is 20.6. The molecule has 1 fully saturated rings. The SMILES string of the molecule is CC1(C)CCCN(c2nnc(CCl)o2)C1. The molecule has 0 unspecified atom stereocenters. The van der Waals surface area contributed by atoms with Crippen LogP contribution >= 0.6 is 11.6 Å². The van der Waals surface area contributed by atoms with Gasteiger partial charge in [-0.15, -0.1) is 16.7 Å². The molecule has 0 N–H and O–H groups in total. The molecule has 4 nitrogen and oxygen atoms in total. The Balaban J connectivity index is 2.10. The maximum absolute atomic E-state index is 5.62. The van der Waals surface area contributed by atoms with Gasteiger partial charge in [0, 0.05) is 13.1 Å². The fraction of sp³-hybridized carbons (Fsp3) is 0.800. The summed E-state index contributed by atoms with van der Waals surface area (Å²) in [5, 5.41) is 7.87. The van der Waals surface area contributed by atoms with E-state index < -0.39 is 0 Å². The van der Waals surface area contributed by atoms with E-state index in [1.807, 2.05) is 0 Å². The molecule has 0 aromatic carbocycles. The van der Waals surface area contributed by atoms with Gasteiger partial charge in [0.05, 0.1) is 0 Å². The molecule has 0 radical (unpaired) electrons. The topological polar surface area (TPSA) is 42.2 Å². The number of piperidine rings is 1. The Kier molecular flexibility index (Phi) is 2.87. The van der Waals surface area contributed by atoms with Gasteiger partial charge in [-0.05, 0) is 18.3 Å². The van der Waals surface area contributed by atoms with E-state index in [-0.39, 0.29) is 5.88 Å². The van der Waals surface area contributed by atoms with E-state index in [0.29, 0.717) is 17.3 Å². The van der Waals surface area contributed by atoms with E-state index in [1.165, 1.54) is 12.8 Å². The largest absolute Gasteiger partial charge is 0.407 e. The van der Waals surface area contributed by atoms with Crippen molar-refractivity contribution < 1.29 is 4.42 Å². The molecule has 0 aliphatic carbocycles. The maximum atomic E-state index is 5.62. The first-order valence-corrected chi connectivity index (χ1v) is 5.77. The summed E-state index contributed by atoms with van der Waals surface area (Å²) in [4.78, 5) is 2.15. The van der Waals surface area contributed by atoms with E-state index in [2.05, 4.69) is 28.9 Å². The molecule has 0 saturated carbocycles. The van der Waals surface area contributed by atoms with E-state index >= 15 is 0 Å². The predicted octanol–water partition coefficient (Wildman–Crippen LogP) is 2.43. The van der Waals surface area contributed by atoms with Crippen molar-refractivity contribution in [3.05, 3.63) is 5.89 Å². The van der Waals surface area contributed by atoms with Crippen LogP contribution < -0.4 is 4.90 Å². The van der Waals surface area contributed by atoms with E-state index in [0.717, 1.165) is 13.1 Å². The molecule has 1 aliphatic heterocycles. The summed E-state index contributed by atoms with van der Waals surface area (Å²) in [5.41, 5.74) is 0.327. The van der Waals surface area contributed by atoms with Crippen molar-refractivity contribution >= 4 is 17.6 Å². The van der Waals surface area contributed by atoms with Crippen LogP contribution in [0.25, 0.3) is 0 Å². The lowest BCUT2D eigenvalue weighted by Crippen LogP contribution is -2.40. The van der Waals surface area contributed by atoms with Crippen molar-refractivity contribution in [2.45, 2.75) is 32.6 Å². The average Bonchev–Trinajstić information content (AvgIpc) is 2.64. The first-order chi connectivity index (χ1) is 7.11. The quantitative estimate of drug-likeness (QED) is 0.731. The van der Waals surface area contributed by atoms with Crippen LogP contribution in [0.4, 0.5) is 6.01 Å². The standard InChI is InChI=1S/C10H16ClN3O/c1-10(2)4-3-5-14(7-10)9-13-12-8(6-11)15-9/h3-7H2,1-2H3. The monoisotopic (exact) mass is 229 g/mol. The Hall–Kier alpha value is -0.770. The number of nitrogens with zero attached hydrogens (tertiary/aromatic N) is 3. The van der Waals surface area contributed by atoms with Gasteiger partial charge in [0.25, 0.3) is 0 Å². The molecule has 15 heavy (non-hydrogen) atoms. The minimum atomic E-state index is 0.282. The van der Waals surface area contributed by atoms with Gasteiger partial charge >= 0.3 is 6.01 Å². The van der Waals surface area contributed by atoms with Gasteiger partial charge in [0.1, 0.15) is 5.88 Å². The third-order valence-corrected chi connectivity index (χ3v) is 2.97. The highest BCUT2D eigenvalue weighted by atomic mass is 35.5. The first kappa shape index (κ1) is 10.7. The molecular weight excluding hydrogens is 214 g/mol. The van der Waals surface area contributed by atoms with E-state index in [1.54, 1.807) is 0 Å². The minimum absolute atomic E-state index is 0.282. The second-order valence-electron chi connectivity index (χ2n) is 4.80. The van der Waals surface area contributed by atoms with Gasteiger partial charge in [-0.1, -0.05) is 18.9 Å². The van der Waals surface area contributed by atoms with Gasteiger partial charge in [-0.2, -0.15) is 0 Å². The van der Waals surface area contributed by atoms with Crippen LogP contribution in [0.2, 0.25) is 0 Å². The third-order valence-electron chi connectivity index (χ3n) is 2.74. The minimum Gasteiger partial charge on any atom is -0.407 e. The highest BCUT2D eigenvalue weighted by Gasteiger charge is 2.28. The van der Waals surface area contributed by atoms with Gasteiger partial charge in [-0.3, -0.25) is 0 Å². The van der Waals surface area contributed by atoms with Crippen molar-refractivity contribution in [2.24, 2.45) is 5.41 Å². The van der Waals surface area contributed by atoms with Gasteiger partial charge in [-0.25, -0.2) is 0 Å². The van der Waals surface area contributed by atoms with E-state index in [4.69, 9.17) is 16.0 Å². The molecule has 1 aromatic rings. The number of rotatable bonds is 2. The Morgan fingerprint density at radius 2 is 2.27 bits per heavy atom. The molecule has 0 bridgehead atoms. The second-order valence-corrected chi connectivity index (χ2v) is 5.07. The predicted molar refractivity (Wildman–Crippen MR) is 59.1 cm³/mol. The number of hydrogen-bond acceptors (Lipinski definition) is 4. The molecule has 0 spiro atoms. The zero-order chi connectivity index (χ0) is 10.9. The highest BCUT2D eigenvalue weighted by molar-refractivity contribution is 6.16. The fourth-order valence-electron chi connectivity index (χ4n) is 2.01. The van der Waals surface area contributed by atoms with Crippen LogP contribution in [0.5, 0.6) is 0 Å². The zero-order valence-corrected chi connectivity index (χ0v) is 9.92. The molecule has 2 heterocycles. The van der Waals surface area contributed by atoms with Crippen LogP contribution in [-0.4, -0.2) is 23.3 Å². The van der Waals surface area contributed by atoms with Crippen molar-refractivity contribution in [2.75, 3.05) is 18.0 Å². The molecule has 1 aliphatic rings. The highest BCUT2D eigenvalue weighted by Crippen LogP contribution is 2.30. The lowest BCUT2D eigenvalue weighted by molar-refractivity contribution is 0.283.